The molecule has 36 nitrogen and oxygen atoms in total. The van der Waals surface area contributed by atoms with Gasteiger partial charge >= 0.3 is 0 Å². The van der Waals surface area contributed by atoms with Crippen LogP contribution in [0.1, 0.15) is 13.8 Å². The van der Waals surface area contributed by atoms with Gasteiger partial charge in [-0.25, -0.2) is 9.98 Å². The Morgan fingerprint density at radius 2 is 0.833 bits per heavy atom. The highest BCUT2D eigenvalue weighted by atomic mass is 16.8. The van der Waals surface area contributed by atoms with Gasteiger partial charge in [0.05, 0.1) is 50.2 Å². The predicted molar refractivity (Wildman–Crippen MR) is 260 cm³/mol. The lowest BCUT2D eigenvalue weighted by atomic mass is 9.81. The third-order valence-electron chi connectivity index (χ3n) is 14.6. The van der Waals surface area contributed by atoms with Gasteiger partial charge in [0.1, 0.15) is 122 Å². The van der Waals surface area contributed by atoms with E-state index in [1.807, 2.05) is 0 Å². The third-order valence-corrected chi connectivity index (χ3v) is 14.6. The van der Waals surface area contributed by atoms with Crippen LogP contribution in [0.5, 0.6) is 0 Å². The van der Waals surface area contributed by atoms with Gasteiger partial charge in [-0.1, -0.05) is 0 Å². The summed E-state index contributed by atoms with van der Waals surface area (Å²) in [5.74, 6) is -1.00. The molecule has 0 amide bonds. The van der Waals surface area contributed by atoms with Gasteiger partial charge < -0.3 is 154 Å². The van der Waals surface area contributed by atoms with Crippen LogP contribution in [0.25, 0.3) is 0 Å². The molecular formula is C42H76N12O24. The second-order valence-corrected chi connectivity index (χ2v) is 19.3. The summed E-state index contributed by atoms with van der Waals surface area (Å²) < 4.78 is 45.9. The lowest BCUT2D eigenvalue weighted by molar-refractivity contribution is -0.314. The smallest absolute Gasteiger partial charge is 0.188 e. The van der Waals surface area contributed by atoms with E-state index in [4.69, 9.17) is 72.3 Å². The number of likely N-dealkylation sites (N-methyl/N-ethyl adjacent to an activating group) is 2. The average Bonchev–Trinajstić information content (AvgIpc) is 3.82. The van der Waals surface area contributed by atoms with Gasteiger partial charge in [-0.05, 0) is 27.9 Å². The second-order valence-electron chi connectivity index (χ2n) is 19.3. The Balaban J connectivity index is 0.000000287. The van der Waals surface area contributed by atoms with Crippen molar-refractivity contribution in [3.63, 3.8) is 0 Å². The van der Waals surface area contributed by atoms with Crippen LogP contribution in [0, 0.1) is 0 Å². The summed E-state index contributed by atoms with van der Waals surface area (Å²) in [7, 11) is 2.85. The number of hydrogen-bond donors (Lipinski definition) is 22. The van der Waals surface area contributed by atoms with Gasteiger partial charge in [-0.2, -0.15) is 0 Å². The minimum absolute atomic E-state index is 0.151. The van der Waals surface area contributed by atoms with Crippen molar-refractivity contribution in [3.8, 4) is 0 Å². The Hall–Kier alpha value is -4.14. The number of aliphatic hydroxyl groups is 14. The molecule has 6 rings (SSSR count). The van der Waals surface area contributed by atoms with E-state index in [2.05, 4.69) is 30.6 Å². The van der Waals surface area contributed by atoms with Gasteiger partial charge in [0.25, 0.3) is 0 Å². The zero-order chi connectivity index (χ0) is 58.5. The summed E-state index contributed by atoms with van der Waals surface area (Å²) in [6.45, 7) is 1.28. The van der Waals surface area contributed by atoms with E-state index in [1.165, 1.54) is 27.9 Å². The summed E-state index contributed by atoms with van der Waals surface area (Å²) in [6, 6.07) is -7.75. The molecule has 6 aliphatic rings. The Bertz CT molecular complexity index is 1930. The van der Waals surface area contributed by atoms with E-state index in [-0.39, 0.29) is 12.6 Å². The molecule has 12 unspecified atom stereocenters. The number of nitrogens with one attached hydrogen (secondary N) is 2. The molecule has 448 valence electrons. The SMILES string of the molecule is CNC1C(OC2C(O[C@H]3[C@H](O)[C@@H](O)[C@H](N=CN)[C@@H](O)[C@@H]3N=C(N)N)O[C@@H](C)[C@]2(O)C=O)O[C@@H](CO)C(O)C1O.CNC1C(OC2C(O[C@H]3[C@H](O)[C@@H](O)[C@H](N=CN)[C@@H](O)[C@@H]3N=C(N)N)O[C@@H](C)[C@]2(O)C=O)O[C@@H](CO)C(O)C1O. The van der Waals surface area contributed by atoms with Crippen molar-refractivity contribution in [1.29, 1.82) is 0 Å². The first-order valence-corrected chi connectivity index (χ1v) is 24.3. The van der Waals surface area contributed by atoms with Gasteiger partial charge in [0, 0.05) is 0 Å². The highest BCUT2D eigenvalue weighted by Gasteiger charge is 2.63. The maximum absolute atomic E-state index is 12.0. The first kappa shape index (κ1) is 64.7. The van der Waals surface area contributed by atoms with Crippen LogP contribution in [0.15, 0.2) is 20.0 Å². The van der Waals surface area contributed by atoms with Crippen molar-refractivity contribution in [2.45, 2.75) is 196 Å². The van der Waals surface area contributed by atoms with Crippen molar-refractivity contribution in [1.82, 2.24) is 10.6 Å². The van der Waals surface area contributed by atoms with Crippen molar-refractivity contribution >= 4 is 37.2 Å². The number of hydrogen-bond acceptors (Lipinski definition) is 30. The van der Waals surface area contributed by atoms with Crippen LogP contribution in [0.3, 0.4) is 0 Å². The minimum Gasteiger partial charge on any atom is -0.394 e. The monoisotopic (exact) mass is 1130 g/mol. The Labute approximate surface area is 444 Å². The number of aliphatic imine (C=N–C) groups is 4. The minimum atomic E-state index is -2.36. The Morgan fingerprint density at radius 1 is 0.500 bits per heavy atom. The summed E-state index contributed by atoms with van der Waals surface area (Å²) in [4.78, 5) is 39.4. The molecule has 2 saturated carbocycles. The van der Waals surface area contributed by atoms with Crippen LogP contribution in [-0.4, -0.2) is 318 Å². The molecule has 30 atom stereocenters. The van der Waals surface area contributed by atoms with E-state index < -0.39 is 208 Å². The lowest BCUT2D eigenvalue weighted by Crippen LogP contribution is -2.66. The molecule has 0 radical (unpaired) electrons. The van der Waals surface area contributed by atoms with Crippen LogP contribution in [-0.2, 0) is 47.5 Å². The van der Waals surface area contributed by atoms with Crippen LogP contribution < -0.4 is 45.0 Å². The number of nitrogens with zero attached hydrogens (tertiary/aromatic N) is 4. The first-order valence-electron chi connectivity index (χ1n) is 24.3. The van der Waals surface area contributed by atoms with Crippen molar-refractivity contribution in [2.24, 2.45) is 54.4 Å². The molecule has 4 aliphatic heterocycles. The molecule has 0 aromatic heterocycles. The highest BCUT2D eigenvalue weighted by Crippen LogP contribution is 2.41. The van der Waals surface area contributed by atoms with Crippen molar-refractivity contribution in [2.75, 3.05) is 27.3 Å². The van der Waals surface area contributed by atoms with Crippen LogP contribution >= 0.6 is 0 Å². The highest BCUT2D eigenvalue weighted by molar-refractivity contribution is 5.76. The normalized spacial score (nSPS) is 48.7. The summed E-state index contributed by atoms with van der Waals surface area (Å²) in [5.41, 5.74) is 27.9. The van der Waals surface area contributed by atoms with Gasteiger partial charge in [0.15, 0.2) is 60.9 Å². The Kier molecular flexibility index (Phi) is 22.5. The first-order chi connectivity index (χ1) is 36.7. The molecule has 28 N–H and O–H groups in total. The molecule has 4 saturated heterocycles. The second kappa shape index (κ2) is 27.1. The predicted octanol–water partition coefficient (Wildman–Crippen LogP) is -14.9. The third kappa shape index (κ3) is 12.8. The summed E-state index contributed by atoms with van der Waals surface area (Å²) in [6.07, 6.45) is -32.2. The molecule has 4 heterocycles. The summed E-state index contributed by atoms with van der Waals surface area (Å²) >= 11 is 0. The zero-order valence-corrected chi connectivity index (χ0v) is 42.5. The number of nitrogens with two attached hydrogens (primary N) is 6. The number of aliphatic hydroxyl groups excluding tert-OH is 12. The standard InChI is InChI=1S/2C21H38N6O12/c2*1-6-21(35,4-29)17(39-18-10(25-2)14(33)11(30)7(3-28)37-18)19(36-6)38-16-9(27-20(23)24)12(31)8(26-5-22)13(32)15(16)34/h2*4-19,25,28,30-35H,3H2,1-2H3,(H2,22,26)(H4,23,24,27)/t2*6-,7-,8+,9-,10?,11?,12+,13-,14?,15+,16+,17?,18?,19?,21+/m00/s1. The topological polar surface area (TPSA) is 621 Å². The van der Waals surface area contributed by atoms with E-state index in [0.717, 1.165) is 12.7 Å². The molecular weight excluding hydrogens is 1060 g/mol. The number of carbonyl (C=O) groups excluding carboxylic acids is 2. The lowest BCUT2D eigenvalue weighted by Gasteiger charge is -2.45. The number of aldehydes is 2. The average molecular weight is 1130 g/mol. The fourth-order valence-corrected chi connectivity index (χ4v) is 10.1. The Morgan fingerprint density at radius 3 is 1.10 bits per heavy atom. The quantitative estimate of drug-likeness (QED) is 0.0344. The van der Waals surface area contributed by atoms with E-state index in [1.54, 1.807) is 0 Å². The number of rotatable bonds is 18. The molecule has 0 aromatic carbocycles. The maximum Gasteiger partial charge on any atom is 0.188 e. The number of guanidine groups is 2. The van der Waals surface area contributed by atoms with E-state index in [0.29, 0.717) is 0 Å². The van der Waals surface area contributed by atoms with Crippen molar-refractivity contribution in [3.05, 3.63) is 0 Å². The van der Waals surface area contributed by atoms with Gasteiger partial charge in [0.2, 0.25) is 0 Å². The molecule has 0 spiro atoms. The van der Waals surface area contributed by atoms with Crippen LogP contribution in [0.4, 0.5) is 0 Å². The summed E-state index contributed by atoms with van der Waals surface area (Å²) in [5, 5.41) is 153. The molecule has 0 bridgehead atoms. The molecule has 2 aliphatic carbocycles. The largest absolute Gasteiger partial charge is 0.394 e. The number of ether oxygens (including phenoxy) is 8. The van der Waals surface area contributed by atoms with E-state index >= 15 is 0 Å². The van der Waals surface area contributed by atoms with E-state index in [9.17, 15) is 81.1 Å². The maximum atomic E-state index is 12.0. The number of carbonyl (C=O) groups is 2. The molecule has 6 fully saturated rings. The fraction of sp³-hybridized carbons (Fsp3) is 0.857. The molecule has 0 aromatic rings. The van der Waals surface area contributed by atoms with Crippen molar-refractivity contribution < 1.29 is 119 Å². The molecule has 78 heavy (non-hydrogen) atoms. The van der Waals surface area contributed by atoms with Crippen LogP contribution in [0.2, 0.25) is 0 Å². The van der Waals surface area contributed by atoms with Gasteiger partial charge in [-0.3, -0.25) is 19.6 Å². The molecule has 36 heteroatoms. The van der Waals surface area contributed by atoms with Gasteiger partial charge in [-0.15, -0.1) is 0 Å². The zero-order valence-electron chi connectivity index (χ0n) is 42.5. The fourth-order valence-electron chi connectivity index (χ4n) is 10.1.